The van der Waals surface area contributed by atoms with Crippen LogP contribution in [0.15, 0.2) is 29.3 Å². The molecule has 7 nitrogen and oxygen atoms in total. The topological polar surface area (TPSA) is 77.0 Å². The maximum atomic E-state index is 12.9. The van der Waals surface area contributed by atoms with E-state index in [-0.39, 0.29) is 48.2 Å². The van der Waals surface area contributed by atoms with Crippen molar-refractivity contribution in [2.45, 2.75) is 13.8 Å². The summed E-state index contributed by atoms with van der Waals surface area (Å²) in [5.74, 6) is 0.0970. The summed E-state index contributed by atoms with van der Waals surface area (Å²) in [6.45, 7) is 6.80. The molecule has 2 N–H and O–H groups in total. The summed E-state index contributed by atoms with van der Waals surface area (Å²) in [6, 6.07) is 5.58. The van der Waals surface area contributed by atoms with Crippen LogP contribution in [0.3, 0.4) is 0 Å². The highest BCUT2D eigenvalue weighted by atomic mass is 127. The average molecular weight is 477 g/mol. The fourth-order valence-corrected chi connectivity index (χ4v) is 2.54. The Morgan fingerprint density at radius 2 is 1.69 bits per heavy atom. The minimum Gasteiger partial charge on any atom is -0.357 e. The van der Waals surface area contributed by atoms with E-state index in [9.17, 15) is 14.0 Å². The van der Waals surface area contributed by atoms with Crippen LogP contribution in [0.4, 0.5) is 10.1 Å². The Bertz CT molecular complexity index is 631. The van der Waals surface area contributed by atoms with Crippen LogP contribution in [0.25, 0.3) is 0 Å². The van der Waals surface area contributed by atoms with E-state index < -0.39 is 0 Å². The third-order valence-corrected chi connectivity index (χ3v) is 3.86. The molecule has 1 saturated heterocycles. The monoisotopic (exact) mass is 477 g/mol. The Kier molecular flexibility index (Phi) is 9.31. The van der Waals surface area contributed by atoms with Crippen LogP contribution < -0.4 is 10.6 Å². The lowest BCUT2D eigenvalue weighted by molar-refractivity contribution is -0.130. The number of carbonyl (C=O) groups excluding carboxylic acids is 2. The molecule has 0 spiro atoms. The van der Waals surface area contributed by atoms with Crippen LogP contribution in [0.1, 0.15) is 13.8 Å². The molecule has 0 saturated carbocycles. The van der Waals surface area contributed by atoms with Gasteiger partial charge in [0.25, 0.3) is 0 Å². The summed E-state index contributed by atoms with van der Waals surface area (Å²) in [6.07, 6.45) is 0. The lowest BCUT2D eigenvalue weighted by Crippen LogP contribution is -2.53. The summed E-state index contributed by atoms with van der Waals surface area (Å²) in [7, 11) is 0. The molecule has 2 rings (SSSR count). The Morgan fingerprint density at radius 1 is 1.12 bits per heavy atom. The van der Waals surface area contributed by atoms with Crippen molar-refractivity contribution in [1.29, 1.82) is 0 Å². The summed E-state index contributed by atoms with van der Waals surface area (Å²) >= 11 is 0. The minimum absolute atomic E-state index is 0. The Labute approximate surface area is 170 Å². The van der Waals surface area contributed by atoms with Crippen molar-refractivity contribution in [3.8, 4) is 0 Å². The lowest BCUT2D eigenvalue weighted by Gasteiger charge is -2.36. The van der Waals surface area contributed by atoms with Crippen molar-refractivity contribution in [2.75, 3.05) is 44.6 Å². The molecule has 1 aromatic carbocycles. The molecule has 1 aliphatic rings. The number of hydrogen-bond donors (Lipinski definition) is 2. The van der Waals surface area contributed by atoms with Gasteiger partial charge in [0.2, 0.25) is 11.8 Å². The van der Waals surface area contributed by atoms with Gasteiger partial charge in [0.05, 0.1) is 0 Å². The highest BCUT2D eigenvalue weighted by Gasteiger charge is 2.21. The number of hydrogen-bond acceptors (Lipinski definition) is 3. The van der Waals surface area contributed by atoms with Crippen LogP contribution in [0.2, 0.25) is 0 Å². The molecular formula is C17H25FIN5O2. The zero-order valence-corrected chi connectivity index (χ0v) is 17.3. The van der Waals surface area contributed by atoms with E-state index in [4.69, 9.17) is 0 Å². The second kappa shape index (κ2) is 10.9. The van der Waals surface area contributed by atoms with Gasteiger partial charge in [-0.05, 0) is 31.2 Å². The van der Waals surface area contributed by atoms with E-state index in [0.717, 1.165) is 0 Å². The maximum Gasteiger partial charge on any atom is 0.246 e. The molecule has 0 aromatic heterocycles. The first-order valence-electron chi connectivity index (χ1n) is 8.33. The molecule has 144 valence electrons. The van der Waals surface area contributed by atoms with E-state index in [0.29, 0.717) is 44.4 Å². The van der Waals surface area contributed by atoms with Crippen LogP contribution in [-0.4, -0.2) is 66.8 Å². The number of nitrogens with one attached hydrogen (secondary N) is 2. The number of aliphatic imine (C=N–C) groups is 1. The van der Waals surface area contributed by atoms with Gasteiger partial charge in [-0.2, -0.15) is 0 Å². The number of halogens is 2. The van der Waals surface area contributed by atoms with Crippen LogP contribution in [0, 0.1) is 5.82 Å². The van der Waals surface area contributed by atoms with Crippen molar-refractivity contribution < 1.29 is 14.0 Å². The van der Waals surface area contributed by atoms with Crippen molar-refractivity contribution in [1.82, 2.24) is 15.1 Å². The standard InChI is InChI=1S/C17H24FN5O2.HI/c1-3-19-17(23-10-8-22(9-11-23)13(2)24)20-12-16(25)21-15-6-4-14(18)5-7-15;/h4-7H,3,8-12H2,1-2H3,(H,19,20)(H,21,25);1H. The fraction of sp³-hybridized carbons (Fsp3) is 0.471. The highest BCUT2D eigenvalue weighted by molar-refractivity contribution is 14.0. The molecule has 0 aliphatic carbocycles. The second-order valence-corrected chi connectivity index (χ2v) is 5.72. The Morgan fingerprint density at radius 3 is 2.23 bits per heavy atom. The normalized spacial score (nSPS) is 14.5. The average Bonchev–Trinajstić information content (AvgIpc) is 2.60. The van der Waals surface area contributed by atoms with Gasteiger partial charge in [-0.15, -0.1) is 24.0 Å². The molecule has 1 fully saturated rings. The second-order valence-electron chi connectivity index (χ2n) is 5.72. The van der Waals surface area contributed by atoms with Gasteiger partial charge >= 0.3 is 0 Å². The SMILES string of the molecule is CCNC(=NCC(=O)Nc1ccc(F)cc1)N1CCN(C(C)=O)CC1.I. The van der Waals surface area contributed by atoms with Crippen molar-refractivity contribution in [3.05, 3.63) is 30.1 Å². The van der Waals surface area contributed by atoms with E-state index in [2.05, 4.69) is 15.6 Å². The summed E-state index contributed by atoms with van der Waals surface area (Å²) in [5, 5.41) is 5.85. The Hall–Kier alpha value is -1.91. The quantitative estimate of drug-likeness (QED) is 0.392. The molecule has 1 aromatic rings. The van der Waals surface area contributed by atoms with Crippen LogP contribution in [-0.2, 0) is 9.59 Å². The van der Waals surface area contributed by atoms with E-state index in [1.165, 1.54) is 24.3 Å². The number of piperazine rings is 1. The lowest BCUT2D eigenvalue weighted by atomic mass is 10.3. The predicted octanol–water partition coefficient (Wildman–Crippen LogP) is 1.51. The number of carbonyl (C=O) groups is 2. The molecule has 0 unspecified atom stereocenters. The first-order valence-corrected chi connectivity index (χ1v) is 8.33. The van der Waals surface area contributed by atoms with Crippen molar-refractivity contribution >= 4 is 47.4 Å². The van der Waals surface area contributed by atoms with Crippen LogP contribution in [0.5, 0.6) is 0 Å². The van der Waals surface area contributed by atoms with Gasteiger partial charge in [0.15, 0.2) is 5.96 Å². The molecule has 1 heterocycles. The van der Waals surface area contributed by atoms with Gasteiger partial charge in [-0.25, -0.2) is 9.38 Å². The predicted molar refractivity (Wildman–Crippen MR) is 110 cm³/mol. The first-order chi connectivity index (χ1) is 12.0. The first kappa shape index (κ1) is 22.1. The maximum absolute atomic E-state index is 12.9. The minimum atomic E-state index is -0.352. The molecule has 9 heteroatoms. The number of rotatable bonds is 4. The summed E-state index contributed by atoms with van der Waals surface area (Å²) in [4.78, 5) is 31.6. The van der Waals surface area contributed by atoms with E-state index >= 15 is 0 Å². The van der Waals surface area contributed by atoms with Gasteiger partial charge in [0.1, 0.15) is 12.4 Å². The third kappa shape index (κ3) is 6.77. The largest absolute Gasteiger partial charge is 0.357 e. The summed E-state index contributed by atoms with van der Waals surface area (Å²) < 4.78 is 12.9. The Balaban J connectivity index is 0.00000338. The summed E-state index contributed by atoms with van der Waals surface area (Å²) in [5.41, 5.74) is 0.529. The van der Waals surface area contributed by atoms with Crippen molar-refractivity contribution in [2.24, 2.45) is 4.99 Å². The number of anilines is 1. The van der Waals surface area contributed by atoms with Gasteiger partial charge in [0, 0.05) is 45.3 Å². The highest BCUT2D eigenvalue weighted by Crippen LogP contribution is 2.08. The number of benzene rings is 1. The van der Waals surface area contributed by atoms with Gasteiger partial charge < -0.3 is 20.4 Å². The van der Waals surface area contributed by atoms with E-state index in [1.807, 2.05) is 11.8 Å². The molecular weight excluding hydrogens is 452 g/mol. The van der Waals surface area contributed by atoms with Gasteiger partial charge in [-0.1, -0.05) is 0 Å². The molecule has 0 radical (unpaired) electrons. The van der Waals surface area contributed by atoms with Gasteiger partial charge in [-0.3, -0.25) is 9.59 Å². The molecule has 2 amide bonds. The zero-order chi connectivity index (χ0) is 18.2. The molecule has 0 atom stereocenters. The number of amides is 2. The van der Waals surface area contributed by atoms with Crippen LogP contribution >= 0.6 is 24.0 Å². The molecule has 0 bridgehead atoms. The third-order valence-electron chi connectivity index (χ3n) is 3.86. The molecule has 1 aliphatic heterocycles. The smallest absolute Gasteiger partial charge is 0.246 e. The van der Waals surface area contributed by atoms with Crippen molar-refractivity contribution in [3.63, 3.8) is 0 Å². The van der Waals surface area contributed by atoms with E-state index in [1.54, 1.807) is 11.8 Å². The zero-order valence-electron chi connectivity index (χ0n) is 15.0. The number of guanidine groups is 1. The molecule has 26 heavy (non-hydrogen) atoms. The number of nitrogens with zero attached hydrogens (tertiary/aromatic N) is 3. The fourth-order valence-electron chi connectivity index (χ4n) is 2.54.